The van der Waals surface area contributed by atoms with Crippen molar-refractivity contribution < 1.29 is 23.8 Å². The molecule has 1 saturated heterocycles. The molecule has 7 nitrogen and oxygen atoms in total. The van der Waals surface area contributed by atoms with E-state index in [-0.39, 0.29) is 24.7 Å². The third kappa shape index (κ3) is 8.11. The summed E-state index contributed by atoms with van der Waals surface area (Å²) >= 11 is 6.80. The van der Waals surface area contributed by atoms with Crippen LogP contribution in [0.15, 0.2) is 42.5 Å². The van der Waals surface area contributed by atoms with Crippen LogP contribution in [0.25, 0.3) is 11.1 Å². The molecule has 3 rings (SSSR count). The molecule has 2 aromatic carbocycles. The highest BCUT2D eigenvalue weighted by atomic mass is 35.5. The first-order chi connectivity index (χ1) is 17.6. The lowest BCUT2D eigenvalue weighted by Crippen LogP contribution is -2.44. The number of alkyl carbamates (subject to hydrolysis) is 1. The normalized spacial score (nSPS) is 16.7. The maximum atomic E-state index is 12.9. The number of benzene rings is 2. The number of nitrogens with one attached hydrogen (secondary N) is 1. The van der Waals surface area contributed by atoms with Crippen LogP contribution in [0.4, 0.5) is 9.59 Å². The quantitative estimate of drug-likeness (QED) is 0.387. The number of halogens is 1. The van der Waals surface area contributed by atoms with Crippen molar-refractivity contribution in [1.82, 2.24) is 10.2 Å². The molecule has 1 aliphatic heterocycles. The average Bonchev–Trinajstić information content (AvgIpc) is 2.87. The molecule has 0 bridgehead atoms. The zero-order chi connectivity index (χ0) is 27.0. The van der Waals surface area contributed by atoms with Gasteiger partial charge in [0.1, 0.15) is 5.60 Å². The van der Waals surface area contributed by atoms with Crippen LogP contribution in [0.2, 0.25) is 5.02 Å². The minimum Gasteiger partial charge on any atom is -0.453 e. The number of aryl methyl sites for hydroxylation is 1. The number of carbonyl (C=O) groups is 2. The Balaban J connectivity index is 1.94. The average molecular weight is 531 g/mol. The van der Waals surface area contributed by atoms with Crippen molar-refractivity contribution in [3.05, 3.63) is 58.6 Å². The van der Waals surface area contributed by atoms with Crippen molar-refractivity contribution in [3.63, 3.8) is 0 Å². The van der Waals surface area contributed by atoms with Gasteiger partial charge in [-0.15, -0.1) is 0 Å². The topological polar surface area (TPSA) is 77.1 Å². The summed E-state index contributed by atoms with van der Waals surface area (Å²) in [6.45, 7) is 9.46. The SMILES string of the molecule is CCc1cccc(-c2c(Cl)cccc2[C@H](OCCNC(=O)OC)C2CCCN(C(=O)OC(C)(C)C)C2)c1. The predicted molar refractivity (Wildman–Crippen MR) is 146 cm³/mol. The van der Waals surface area contributed by atoms with Crippen LogP contribution in [-0.2, 0) is 20.6 Å². The third-order valence-electron chi connectivity index (χ3n) is 6.37. The van der Waals surface area contributed by atoms with Crippen LogP contribution in [0.5, 0.6) is 0 Å². The number of rotatable bonds is 8. The van der Waals surface area contributed by atoms with Gasteiger partial charge in [0.15, 0.2) is 0 Å². The maximum absolute atomic E-state index is 12.9. The number of carbonyl (C=O) groups excluding carboxylic acids is 2. The Bertz CT molecular complexity index is 1070. The second kappa shape index (κ2) is 13.2. The Morgan fingerprint density at radius 1 is 1.19 bits per heavy atom. The number of amides is 2. The number of ether oxygens (including phenoxy) is 3. The van der Waals surface area contributed by atoms with Gasteiger partial charge in [-0.05, 0) is 62.8 Å². The smallest absolute Gasteiger partial charge is 0.410 e. The standard InChI is InChI=1S/C29H39ClN2O5/c1-6-20-10-7-11-21(18-20)25-23(13-8-14-24(25)30)26(36-17-15-31-27(33)35-5)22-12-9-16-32(19-22)28(34)37-29(2,3)4/h7-8,10-11,13-14,18,22,26H,6,9,12,15-17,19H2,1-5H3,(H,31,33)/t22?,26-/m1/s1. The molecular formula is C29H39ClN2O5. The maximum Gasteiger partial charge on any atom is 0.410 e. The van der Waals surface area contributed by atoms with Gasteiger partial charge in [0.25, 0.3) is 0 Å². The van der Waals surface area contributed by atoms with E-state index in [0.717, 1.165) is 36.0 Å². The fraction of sp³-hybridized carbons (Fsp3) is 0.517. The molecule has 2 atom stereocenters. The molecule has 2 amide bonds. The minimum atomic E-state index is -0.566. The highest BCUT2D eigenvalue weighted by molar-refractivity contribution is 6.33. The Kier molecular flexibility index (Phi) is 10.2. The summed E-state index contributed by atoms with van der Waals surface area (Å²) in [4.78, 5) is 26.2. The number of methoxy groups -OCH3 is 1. The first kappa shape index (κ1) is 28.8. The van der Waals surface area contributed by atoms with Gasteiger partial charge in [0.2, 0.25) is 0 Å². The summed E-state index contributed by atoms with van der Waals surface area (Å²) in [5, 5.41) is 3.32. The van der Waals surface area contributed by atoms with Crippen LogP contribution >= 0.6 is 11.6 Å². The molecular weight excluding hydrogens is 492 g/mol. The van der Waals surface area contributed by atoms with E-state index >= 15 is 0 Å². The molecule has 8 heteroatoms. The molecule has 0 aromatic heterocycles. The Labute approximate surface area is 225 Å². The fourth-order valence-corrected chi connectivity index (χ4v) is 4.96. The number of hydrogen-bond acceptors (Lipinski definition) is 5. The molecule has 1 N–H and O–H groups in total. The molecule has 202 valence electrons. The van der Waals surface area contributed by atoms with Gasteiger partial charge in [-0.2, -0.15) is 0 Å². The summed E-state index contributed by atoms with van der Waals surface area (Å²) in [7, 11) is 1.33. The van der Waals surface area contributed by atoms with E-state index in [1.165, 1.54) is 12.7 Å². The Morgan fingerprint density at radius 2 is 1.95 bits per heavy atom. The molecule has 2 aromatic rings. The molecule has 1 aliphatic rings. The van der Waals surface area contributed by atoms with Gasteiger partial charge in [-0.25, -0.2) is 9.59 Å². The van der Waals surface area contributed by atoms with Crippen LogP contribution < -0.4 is 5.32 Å². The fourth-order valence-electron chi connectivity index (χ4n) is 4.67. The molecule has 37 heavy (non-hydrogen) atoms. The van der Waals surface area contributed by atoms with Crippen LogP contribution in [-0.4, -0.2) is 56.0 Å². The lowest BCUT2D eigenvalue weighted by atomic mass is 9.84. The minimum absolute atomic E-state index is 0.0194. The number of nitrogens with zero attached hydrogens (tertiary/aromatic N) is 1. The zero-order valence-electron chi connectivity index (χ0n) is 22.5. The van der Waals surface area contributed by atoms with Gasteiger partial charge < -0.3 is 24.4 Å². The molecule has 0 spiro atoms. The van der Waals surface area contributed by atoms with Gasteiger partial charge in [0.05, 0.1) is 19.8 Å². The highest BCUT2D eigenvalue weighted by Gasteiger charge is 2.34. The second-order valence-electron chi connectivity index (χ2n) is 10.3. The van der Waals surface area contributed by atoms with E-state index in [2.05, 4.69) is 35.2 Å². The van der Waals surface area contributed by atoms with E-state index in [1.54, 1.807) is 4.90 Å². The second-order valence-corrected chi connectivity index (χ2v) is 10.7. The van der Waals surface area contributed by atoms with Gasteiger partial charge in [0, 0.05) is 36.1 Å². The largest absolute Gasteiger partial charge is 0.453 e. The number of piperidine rings is 1. The van der Waals surface area contributed by atoms with Crippen LogP contribution in [0.3, 0.4) is 0 Å². The van der Waals surface area contributed by atoms with Crippen molar-refractivity contribution in [2.45, 2.75) is 58.7 Å². The number of likely N-dealkylation sites (tertiary alicyclic amines) is 1. The zero-order valence-corrected chi connectivity index (χ0v) is 23.3. The molecule has 1 heterocycles. The molecule has 1 unspecified atom stereocenters. The summed E-state index contributed by atoms with van der Waals surface area (Å²) < 4.78 is 16.8. The van der Waals surface area contributed by atoms with Crippen molar-refractivity contribution in [2.75, 3.05) is 33.4 Å². The van der Waals surface area contributed by atoms with Gasteiger partial charge >= 0.3 is 12.2 Å². The first-order valence-corrected chi connectivity index (χ1v) is 13.3. The van der Waals surface area contributed by atoms with Crippen LogP contribution in [0, 0.1) is 5.92 Å². The van der Waals surface area contributed by atoms with E-state index < -0.39 is 11.7 Å². The summed E-state index contributed by atoms with van der Waals surface area (Å²) in [5.41, 5.74) is 3.58. The van der Waals surface area contributed by atoms with Crippen molar-refractivity contribution in [3.8, 4) is 11.1 Å². The highest BCUT2D eigenvalue weighted by Crippen LogP contribution is 2.41. The lowest BCUT2D eigenvalue weighted by molar-refractivity contribution is -0.0243. The first-order valence-electron chi connectivity index (χ1n) is 12.9. The van der Waals surface area contributed by atoms with E-state index in [9.17, 15) is 9.59 Å². The van der Waals surface area contributed by atoms with Crippen LogP contribution in [0.1, 0.15) is 57.8 Å². The molecule has 0 saturated carbocycles. The van der Waals surface area contributed by atoms with Crippen molar-refractivity contribution in [1.29, 1.82) is 0 Å². The van der Waals surface area contributed by atoms with E-state index in [4.69, 9.17) is 21.1 Å². The number of hydrogen-bond donors (Lipinski definition) is 1. The van der Waals surface area contributed by atoms with Gasteiger partial charge in [-0.1, -0.05) is 54.9 Å². The summed E-state index contributed by atoms with van der Waals surface area (Å²) in [6, 6.07) is 14.2. The molecule has 1 fully saturated rings. The molecule has 0 radical (unpaired) electrons. The third-order valence-corrected chi connectivity index (χ3v) is 6.68. The van der Waals surface area contributed by atoms with E-state index in [0.29, 0.717) is 24.7 Å². The summed E-state index contributed by atoms with van der Waals surface area (Å²) in [5.74, 6) is 0.0194. The van der Waals surface area contributed by atoms with Crippen molar-refractivity contribution >= 4 is 23.8 Å². The Morgan fingerprint density at radius 3 is 2.65 bits per heavy atom. The lowest BCUT2D eigenvalue weighted by Gasteiger charge is -2.38. The van der Waals surface area contributed by atoms with E-state index in [1.807, 2.05) is 45.0 Å². The van der Waals surface area contributed by atoms with Gasteiger partial charge in [-0.3, -0.25) is 0 Å². The molecule has 0 aliphatic carbocycles. The monoisotopic (exact) mass is 530 g/mol. The van der Waals surface area contributed by atoms with Crippen molar-refractivity contribution in [2.24, 2.45) is 5.92 Å². The Hall–Kier alpha value is -2.77. The summed E-state index contributed by atoms with van der Waals surface area (Å²) in [6.07, 6.45) is 1.48. The predicted octanol–water partition coefficient (Wildman–Crippen LogP) is 6.63.